The van der Waals surface area contributed by atoms with E-state index in [1.54, 1.807) is 5.38 Å². The molecule has 0 saturated carbocycles. The molecule has 0 aliphatic heterocycles. The molecule has 0 bridgehead atoms. The summed E-state index contributed by atoms with van der Waals surface area (Å²) in [6.45, 7) is 6.41. The zero-order valence-electron chi connectivity index (χ0n) is 17.9. The normalized spacial score (nSPS) is 11.2. The molecule has 0 saturated heterocycles. The predicted molar refractivity (Wildman–Crippen MR) is 123 cm³/mol. The molecule has 0 aliphatic rings. The summed E-state index contributed by atoms with van der Waals surface area (Å²) in [7, 11) is -3.38. The van der Waals surface area contributed by atoms with Gasteiger partial charge in [0.05, 0.1) is 18.4 Å². The van der Waals surface area contributed by atoms with Gasteiger partial charge in [-0.1, -0.05) is 18.2 Å². The van der Waals surface area contributed by atoms with Crippen molar-refractivity contribution in [1.29, 1.82) is 0 Å². The van der Waals surface area contributed by atoms with Gasteiger partial charge in [0.25, 0.3) is 0 Å². The summed E-state index contributed by atoms with van der Waals surface area (Å²) >= 11 is 1.14. The van der Waals surface area contributed by atoms with Crippen LogP contribution in [0.3, 0.4) is 0 Å². The van der Waals surface area contributed by atoms with Gasteiger partial charge in [-0.15, -0.1) is 11.3 Å². The summed E-state index contributed by atoms with van der Waals surface area (Å²) in [4.78, 5) is 16.3. The van der Waals surface area contributed by atoms with Crippen LogP contribution in [0.5, 0.6) is 11.5 Å². The Hall–Kier alpha value is -2.91. The molecule has 2 N–H and O–H groups in total. The zero-order valence-corrected chi connectivity index (χ0v) is 19.5. The Bertz CT molecular complexity index is 1180. The fourth-order valence-corrected chi connectivity index (χ4v) is 4.64. The van der Waals surface area contributed by atoms with Crippen molar-refractivity contribution in [3.8, 4) is 11.5 Å². The van der Waals surface area contributed by atoms with Crippen LogP contribution in [0.25, 0.3) is 0 Å². The number of rotatable bonds is 8. The van der Waals surface area contributed by atoms with E-state index >= 15 is 0 Å². The van der Waals surface area contributed by atoms with Crippen molar-refractivity contribution in [1.82, 2.24) is 10.3 Å². The Kier molecular flexibility index (Phi) is 6.97. The summed E-state index contributed by atoms with van der Waals surface area (Å²) in [5.74, 6) is 1.38. The molecular weight excluding hydrogens is 434 g/mol. The van der Waals surface area contributed by atoms with E-state index < -0.39 is 10.0 Å². The fourth-order valence-electron chi connectivity index (χ4n) is 3.08. The fraction of sp³-hybridized carbons (Fsp3) is 0.273. The second-order valence-electron chi connectivity index (χ2n) is 7.50. The number of aromatic nitrogens is 1. The SMILES string of the molecule is Cc1cc(C)cc(Oc2ccc(CNC(=O)Cc3csc(NS(C)(=O)=O)n3)cc2C)c1. The van der Waals surface area contributed by atoms with Crippen LogP contribution in [0.2, 0.25) is 0 Å². The lowest BCUT2D eigenvalue weighted by Crippen LogP contribution is -2.24. The minimum atomic E-state index is -3.38. The summed E-state index contributed by atoms with van der Waals surface area (Å²) in [6, 6.07) is 11.9. The van der Waals surface area contributed by atoms with Crippen molar-refractivity contribution in [2.45, 2.75) is 33.7 Å². The molecule has 0 radical (unpaired) electrons. The molecular formula is C22H25N3O4S2. The van der Waals surface area contributed by atoms with E-state index in [2.05, 4.69) is 21.1 Å². The maximum Gasteiger partial charge on any atom is 0.231 e. The molecule has 3 rings (SSSR count). The molecule has 2 aromatic carbocycles. The molecule has 1 amide bonds. The van der Waals surface area contributed by atoms with Crippen LogP contribution >= 0.6 is 11.3 Å². The Morgan fingerprint density at radius 2 is 1.81 bits per heavy atom. The molecule has 31 heavy (non-hydrogen) atoms. The van der Waals surface area contributed by atoms with Crippen LogP contribution in [0.1, 0.15) is 27.9 Å². The number of amides is 1. The lowest BCUT2D eigenvalue weighted by atomic mass is 10.1. The van der Waals surface area contributed by atoms with Crippen molar-refractivity contribution < 1.29 is 17.9 Å². The summed E-state index contributed by atoms with van der Waals surface area (Å²) in [5, 5.41) is 4.78. The maximum absolute atomic E-state index is 12.2. The molecule has 0 unspecified atom stereocenters. The van der Waals surface area contributed by atoms with Crippen LogP contribution in [0, 0.1) is 20.8 Å². The number of hydrogen-bond acceptors (Lipinski definition) is 6. The van der Waals surface area contributed by atoms with E-state index in [0.29, 0.717) is 12.2 Å². The third-order valence-corrected chi connectivity index (χ3v) is 5.82. The first kappa shape index (κ1) is 22.8. The van der Waals surface area contributed by atoms with Crippen LogP contribution in [0.15, 0.2) is 41.8 Å². The van der Waals surface area contributed by atoms with Gasteiger partial charge in [-0.3, -0.25) is 9.52 Å². The number of ether oxygens (including phenoxy) is 1. The van der Waals surface area contributed by atoms with Crippen LogP contribution in [0.4, 0.5) is 5.13 Å². The number of benzene rings is 2. The Morgan fingerprint density at radius 1 is 1.10 bits per heavy atom. The van der Waals surface area contributed by atoms with Crippen LogP contribution in [-0.2, 0) is 27.8 Å². The van der Waals surface area contributed by atoms with Crippen molar-refractivity contribution in [2.75, 3.05) is 11.0 Å². The molecule has 3 aromatic rings. The van der Waals surface area contributed by atoms with E-state index in [9.17, 15) is 13.2 Å². The number of aryl methyl sites for hydroxylation is 3. The standard InChI is InChI=1S/C22H25N3O4S2/c1-14-7-15(2)9-19(8-14)29-20-6-5-17(10-16(20)3)12-23-21(26)11-18-13-30-22(24-18)25-31(4,27)28/h5-10,13H,11-12H2,1-4H3,(H,23,26)(H,24,25). The van der Waals surface area contributed by atoms with Gasteiger partial charge in [-0.2, -0.15) is 0 Å². The van der Waals surface area contributed by atoms with Crippen molar-refractivity contribution >= 4 is 32.4 Å². The largest absolute Gasteiger partial charge is 0.457 e. The lowest BCUT2D eigenvalue weighted by Gasteiger charge is -2.12. The quantitative estimate of drug-likeness (QED) is 0.529. The first-order valence-corrected chi connectivity index (χ1v) is 12.4. The number of carbonyl (C=O) groups excluding carboxylic acids is 1. The molecule has 0 fully saturated rings. The van der Waals surface area contributed by atoms with Gasteiger partial charge in [0.1, 0.15) is 11.5 Å². The second-order valence-corrected chi connectivity index (χ2v) is 10.1. The van der Waals surface area contributed by atoms with Crippen LogP contribution in [-0.4, -0.2) is 25.6 Å². The molecule has 1 heterocycles. The third-order valence-electron chi connectivity index (χ3n) is 4.32. The minimum Gasteiger partial charge on any atom is -0.457 e. The summed E-state index contributed by atoms with van der Waals surface area (Å²) < 4.78 is 30.8. The van der Waals surface area contributed by atoms with Gasteiger partial charge < -0.3 is 10.1 Å². The Balaban J connectivity index is 1.56. The Morgan fingerprint density at radius 3 is 2.45 bits per heavy atom. The van der Waals surface area contributed by atoms with Crippen molar-refractivity contribution in [2.24, 2.45) is 0 Å². The number of nitrogens with zero attached hydrogens (tertiary/aromatic N) is 1. The van der Waals surface area contributed by atoms with E-state index in [0.717, 1.165) is 51.3 Å². The molecule has 1 aromatic heterocycles. The van der Waals surface area contributed by atoms with Crippen LogP contribution < -0.4 is 14.8 Å². The van der Waals surface area contributed by atoms with Gasteiger partial charge >= 0.3 is 0 Å². The summed E-state index contributed by atoms with van der Waals surface area (Å²) in [5.41, 5.74) is 4.73. The Labute approximate surface area is 186 Å². The van der Waals surface area contributed by atoms with E-state index in [4.69, 9.17) is 4.74 Å². The van der Waals surface area contributed by atoms with Gasteiger partial charge in [0.2, 0.25) is 15.9 Å². The van der Waals surface area contributed by atoms with Gasteiger partial charge in [0.15, 0.2) is 5.13 Å². The summed E-state index contributed by atoms with van der Waals surface area (Å²) in [6.07, 6.45) is 1.13. The lowest BCUT2D eigenvalue weighted by molar-refractivity contribution is -0.120. The molecule has 0 aliphatic carbocycles. The molecule has 0 atom stereocenters. The average molecular weight is 460 g/mol. The topological polar surface area (TPSA) is 97.4 Å². The number of hydrogen-bond donors (Lipinski definition) is 2. The van der Waals surface area contributed by atoms with Crippen molar-refractivity contribution in [3.05, 3.63) is 69.7 Å². The molecule has 7 nitrogen and oxygen atoms in total. The van der Waals surface area contributed by atoms with E-state index in [1.807, 2.05) is 51.1 Å². The highest BCUT2D eigenvalue weighted by atomic mass is 32.2. The zero-order chi connectivity index (χ0) is 22.6. The van der Waals surface area contributed by atoms with Gasteiger partial charge in [-0.05, 0) is 61.2 Å². The highest BCUT2D eigenvalue weighted by molar-refractivity contribution is 7.92. The van der Waals surface area contributed by atoms with Gasteiger partial charge in [0, 0.05) is 11.9 Å². The number of sulfonamides is 1. The molecule has 9 heteroatoms. The predicted octanol–water partition coefficient (Wildman–Crippen LogP) is 4.09. The molecule has 164 valence electrons. The molecule has 0 spiro atoms. The number of carbonyl (C=O) groups is 1. The highest BCUT2D eigenvalue weighted by Gasteiger charge is 2.11. The van der Waals surface area contributed by atoms with E-state index in [1.165, 1.54) is 0 Å². The first-order valence-electron chi connectivity index (χ1n) is 9.62. The average Bonchev–Trinajstić information content (AvgIpc) is 3.06. The van der Waals surface area contributed by atoms with Crippen molar-refractivity contribution in [3.63, 3.8) is 0 Å². The highest BCUT2D eigenvalue weighted by Crippen LogP contribution is 2.27. The third kappa shape index (κ3) is 7.08. The van der Waals surface area contributed by atoms with E-state index in [-0.39, 0.29) is 17.5 Å². The number of anilines is 1. The number of thiazole rings is 1. The minimum absolute atomic E-state index is 0.0782. The van der Waals surface area contributed by atoms with Gasteiger partial charge in [-0.25, -0.2) is 13.4 Å². The monoisotopic (exact) mass is 459 g/mol. The maximum atomic E-state index is 12.2. The number of nitrogens with one attached hydrogen (secondary N) is 2. The smallest absolute Gasteiger partial charge is 0.231 e. The second kappa shape index (κ2) is 9.49. The first-order chi connectivity index (χ1) is 14.6.